The molecule has 1 aromatic heterocycles. The predicted molar refractivity (Wildman–Crippen MR) is 81.8 cm³/mol. The molecule has 22 heavy (non-hydrogen) atoms. The van der Waals surface area contributed by atoms with Crippen LogP contribution in [0.5, 0.6) is 0 Å². The third kappa shape index (κ3) is 3.46. The summed E-state index contributed by atoms with van der Waals surface area (Å²) in [5.41, 5.74) is 0.187. The summed E-state index contributed by atoms with van der Waals surface area (Å²) in [4.78, 5) is 29.9. The zero-order valence-corrected chi connectivity index (χ0v) is 12.7. The maximum atomic E-state index is 12.9. The smallest absolute Gasteiger partial charge is 0.354 e. The Morgan fingerprint density at radius 1 is 1.09 bits per heavy atom. The van der Waals surface area contributed by atoms with Crippen LogP contribution in [0.15, 0.2) is 18.2 Å². The van der Waals surface area contributed by atoms with Gasteiger partial charge in [0.2, 0.25) is 0 Å². The van der Waals surface area contributed by atoms with E-state index >= 15 is 0 Å². The number of carbonyl (C=O) groups excluding carboxylic acids is 1. The molecule has 2 fully saturated rings. The normalized spacial score (nSPS) is 18.9. The minimum absolute atomic E-state index is 0.0686. The second-order valence-corrected chi connectivity index (χ2v) is 6.41. The molecule has 0 spiro atoms. The van der Waals surface area contributed by atoms with Crippen LogP contribution in [0.3, 0.4) is 0 Å². The van der Waals surface area contributed by atoms with Crippen LogP contribution in [0.25, 0.3) is 0 Å². The Kier molecular flexibility index (Phi) is 4.41. The molecule has 2 aliphatic carbocycles. The molecule has 1 heterocycles. The van der Waals surface area contributed by atoms with Crippen LogP contribution in [0.2, 0.25) is 0 Å². The van der Waals surface area contributed by atoms with Gasteiger partial charge < -0.3 is 10.0 Å². The molecule has 2 aliphatic rings. The minimum Gasteiger partial charge on any atom is -0.477 e. The van der Waals surface area contributed by atoms with E-state index in [4.69, 9.17) is 5.11 Å². The molecule has 2 saturated carbocycles. The van der Waals surface area contributed by atoms with Gasteiger partial charge in [0.05, 0.1) is 0 Å². The van der Waals surface area contributed by atoms with Crippen LogP contribution < -0.4 is 0 Å². The van der Waals surface area contributed by atoms with E-state index in [0.29, 0.717) is 5.92 Å². The van der Waals surface area contributed by atoms with Crippen molar-refractivity contribution < 1.29 is 14.7 Å². The summed E-state index contributed by atoms with van der Waals surface area (Å²) >= 11 is 0. The maximum Gasteiger partial charge on any atom is 0.354 e. The van der Waals surface area contributed by atoms with Crippen LogP contribution >= 0.6 is 0 Å². The first-order chi connectivity index (χ1) is 10.6. The highest BCUT2D eigenvalue weighted by Gasteiger charge is 2.32. The lowest BCUT2D eigenvalue weighted by molar-refractivity contribution is 0.0615. The Morgan fingerprint density at radius 2 is 1.77 bits per heavy atom. The molecule has 118 valence electrons. The Hall–Kier alpha value is -1.91. The largest absolute Gasteiger partial charge is 0.477 e. The number of aromatic nitrogens is 1. The summed E-state index contributed by atoms with van der Waals surface area (Å²) in [5, 5.41) is 9.05. The lowest BCUT2D eigenvalue weighted by atomic mass is 9.93. The van der Waals surface area contributed by atoms with Gasteiger partial charge in [0.1, 0.15) is 11.4 Å². The number of nitrogens with zero attached hydrogens (tertiary/aromatic N) is 2. The second kappa shape index (κ2) is 6.46. The van der Waals surface area contributed by atoms with E-state index < -0.39 is 5.97 Å². The first kappa shape index (κ1) is 15.0. The lowest BCUT2D eigenvalue weighted by Gasteiger charge is -2.34. The van der Waals surface area contributed by atoms with Crippen molar-refractivity contribution in [3.8, 4) is 0 Å². The highest BCUT2D eigenvalue weighted by atomic mass is 16.4. The molecule has 0 saturated heterocycles. The van der Waals surface area contributed by atoms with Gasteiger partial charge in [-0.25, -0.2) is 9.78 Å². The Labute approximate surface area is 130 Å². The number of carboxylic acids is 1. The molecule has 0 bridgehead atoms. The third-order valence-corrected chi connectivity index (χ3v) is 4.62. The first-order valence-electron chi connectivity index (χ1n) is 8.16. The van der Waals surface area contributed by atoms with E-state index in [1.54, 1.807) is 12.1 Å². The van der Waals surface area contributed by atoms with Crippen molar-refractivity contribution in [1.82, 2.24) is 9.88 Å². The van der Waals surface area contributed by atoms with Gasteiger partial charge in [-0.15, -0.1) is 0 Å². The van der Waals surface area contributed by atoms with Gasteiger partial charge in [-0.1, -0.05) is 25.3 Å². The van der Waals surface area contributed by atoms with E-state index in [1.165, 1.54) is 38.2 Å². The van der Waals surface area contributed by atoms with Gasteiger partial charge in [-0.05, 0) is 43.7 Å². The minimum atomic E-state index is -1.10. The van der Waals surface area contributed by atoms with Crippen LogP contribution in [0.1, 0.15) is 65.9 Å². The van der Waals surface area contributed by atoms with Crippen LogP contribution in [-0.4, -0.2) is 39.5 Å². The molecule has 3 rings (SSSR count). The van der Waals surface area contributed by atoms with Gasteiger partial charge in [0, 0.05) is 12.6 Å². The summed E-state index contributed by atoms with van der Waals surface area (Å²) in [6.45, 7) is 0.794. The van der Waals surface area contributed by atoms with Gasteiger partial charge in [-0.2, -0.15) is 0 Å². The van der Waals surface area contributed by atoms with E-state index in [9.17, 15) is 9.59 Å². The summed E-state index contributed by atoms with van der Waals surface area (Å²) < 4.78 is 0. The molecule has 0 radical (unpaired) electrons. The van der Waals surface area contributed by atoms with Crippen molar-refractivity contribution in [1.29, 1.82) is 0 Å². The molecule has 5 nitrogen and oxygen atoms in total. The van der Waals surface area contributed by atoms with E-state index in [2.05, 4.69) is 4.98 Å². The van der Waals surface area contributed by atoms with Crippen LogP contribution in [0, 0.1) is 5.92 Å². The molecule has 0 aliphatic heterocycles. The van der Waals surface area contributed by atoms with Gasteiger partial charge in [0.15, 0.2) is 0 Å². The average molecular weight is 302 g/mol. The van der Waals surface area contributed by atoms with Gasteiger partial charge in [0.25, 0.3) is 5.91 Å². The highest BCUT2D eigenvalue weighted by molar-refractivity contribution is 5.94. The number of carboxylic acid groups (broad SMARTS) is 1. The predicted octanol–water partition coefficient (Wildman–Crippen LogP) is 2.96. The number of hydrogen-bond acceptors (Lipinski definition) is 3. The molecule has 1 N–H and O–H groups in total. The number of hydrogen-bond donors (Lipinski definition) is 1. The summed E-state index contributed by atoms with van der Waals surface area (Å²) in [6, 6.07) is 4.93. The fourth-order valence-corrected chi connectivity index (χ4v) is 3.19. The summed E-state index contributed by atoms with van der Waals surface area (Å²) in [6.07, 6.45) is 8.07. The number of pyridine rings is 1. The van der Waals surface area contributed by atoms with Crippen LogP contribution in [-0.2, 0) is 0 Å². The van der Waals surface area contributed by atoms with Crippen LogP contribution in [0.4, 0.5) is 0 Å². The fraction of sp³-hybridized carbons (Fsp3) is 0.588. The Balaban J connectivity index is 1.81. The van der Waals surface area contributed by atoms with E-state index in [0.717, 1.165) is 19.4 Å². The average Bonchev–Trinajstić information content (AvgIpc) is 3.37. The van der Waals surface area contributed by atoms with Gasteiger partial charge >= 0.3 is 5.97 Å². The van der Waals surface area contributed by atoms with Crippen molar-refractivity contribution in [2.24, 2.45) is 5.92 Å². The third-order valence-electron chi connectivity index (χ3n) is 4.62. The summed E-state index contributed by atoms with van der Waals surface area (Å²) in [5.74, 6) is -0.587. The Bertz CT molecular complexity index is 563. The summed E-state index contributed by atoms with van der Waals surface area (Å²) in [7, 11) is 0. The molecular formula is C17H22N2O3. The van der Waals surface area contributed by atoms with E-state index in [-0.39, 0.29) is 23.3 Å². The molecular weight excluding hydrogens is 280 g/mol. The lowest BCUT2D eigenvalue weighted by Crippen LogP contribution is -2.43. The molecule has 5 heteroatoms. The number of amides is 1. The highest BCUT2D eigenvalue weighted by Crippen LogP contribution is 2.33. The topological polar surface area (TPSA) is 70.5 Å². The van der Waals surface area contributed by atoms with E-state index in [1.807, 2.05) is 4.90 Å². The second-order valence-electron chi connectivity index (χ2n) is 6.41. The standard InChI is InChI=1S/C17H22N2O3/c20-16(14-7-4-8-15(18-14)17(21)22)19(11-12-9-10-12)13-5-2-1-3-6-13/h4,7-8,12-13H,1-3,5-6,9-11H2,(H,21,22). The van der Waals surface area contributed by atoms with Crippen molar-refractivity contribution >= 4 is 11.9 Å². The molecule has 1 aromatic rings. The number of rotatable bonds is 5. The Morgan fingerprint density at radius 3 is 2.41 bits per heavy atom. The number of aromatic carboxylic acids is 1. The first-order valence-corrected chi connectivity index (χ1v) is 8.16. The molecule has 1 amide bonds. The quantitative estimate of drug-likeness (QED) is 0.907. The van der Waals surface area contributed by atoms with Crippen molar-refractivity contribution in [2.45, 2.75) is 51.0 Å². The van der Waals surface area contributed by atoms with Crippen molar-refractivity contribution in [2.75, 3.05) is 6.54 Å². The molecule has 0 unspecified atom stereocenters. The zero-order chi connectivity index (χ0) is 15.5. The number of carbonyl (C=O) groups is 2. The van der Waals surface area contributed by atoms with Gasteiger partial charge in [-0.3, -0.25) is 4.79 Å². The van der Waals surface area contributed by atoms with Crippen molar-refractivity contribution in [3.63, 3.8) is 0 Å². The van der Waals surface area contributed by atoms with Crippen molar-refractivity contribution in [3.05, 3.63) is 29.6 Å². The SMILES string of the molecule is O=C(O)c1cccc(C(=O)N(CC2CC2)C2CCCCC2)n1. The molecule has 0 aromatic carbocycles. The zero-order valence-electron chi connectivity index (χ0n) is 12.7. The fourth-order valence-electron chi connectivity index (χ4n) is 3.19. The monoisotopic (exact) mass is 302 g/mol. The maximum absolute atomic E-state index is 12.9. The molecule has 0 atom stereocenters.